The number of hydrogen-bond donors (Lipinski definition) is 0. The third-order valence-electron chi connectivity index (χ3n) is 12.3. The molecule has 4 heterocycles. The highest BCUT2D eigenvalue weighted by molar-refractivity contribution is 6.11. The Morgan fingerprint density at radius 2 is 0.803 bits per heavy atom. The van der Waals surface area contributed by atoms with Crippen LogP contribution in [0.4, 0.5) is 0 Å². The van der Waals surface area contributed by atoms with Gasteiger partial charge >= 0.3 is 0 Å². The summed E-state index contributed by atoms with van der Waals surface area (Å²) in [6, 6.07) is 55.6. The average molecular weight is 790 g/mol. The Morgan fingerprint density at radius 1 is 0.410 bits per heavy atom. The topological polar surface area (TPSA) is 77.2 Å². The molecule has 294 valence electrons. The van der Waals surface area contributed by atoms with E-state index in [1.165, 1.54) is 21.9 Å². The highest BCUT2D eigenvalue weighted by Gasteiger charge is 2.24. The number of aromatic nitrogens is 6. The van der Waals surface area contributed by atoms with Crippen molar-refractivity contribution in [3.63, 3.8) is 0 Å². The minimum Gasteiger partial charge on any atom is -0.308 e. The van der Waals surface area contributed by atoms with Gasteiger partial charge in [-0.15, -0.1) is 0 Å². The van der Waals surface area contributed by atoms with Gasteiger partial charge in [0, 0.05) is 37.9 Å². The van der Waals surface area contributed by atoms with Crippen molar-refractivity contribution in [1.82, 2.24) is 28.7 Å². The Hall–Kier alpha value is -7.56. The number of nitriles is 1. The first-order valence-electron chi connectivity index (χ1n) is 20.9. The summed E-state index contributed by atoms with van der Waals surface area (Å²) < 4.78 is 6.50. The molecule has 61 heavy (non-hydrogen) atoms. The summed E-state index contributed by atoms with van der Waals surface area (Å²) in [5, 5.41) is 17.8. The van der Waals surface area contributed by atoms with Crippen LogP contribution in [-0.4, -0.2) is 28.7 Å². The molecule has 7 aromatic carbocycles. The molecule has 0 atom stereocenters. The highest BCUT2D eigenvalue weighted by Crippen LogP contribution is 2.40. The van der Waals surface area contributed by atoms with Crippen LogP contribution in [0, 0.1) is 11.3 Å². The van der Waals surface area contributed by atoms with Gasteiger partial charge in [0.25, 0.3) is 0 Å². The Morgan fingerprint density at radius 3 is 1.20 bits per heavy atom. The highest BCUT2D eigenvalue weighted by atomic mass is 15.3. The Balaban J connectivity index is 1.17. The number of fused-ring (bicyclic) bond motifs is 9. The van der Waals surface area contributed by atoms with Crippen molar-refractivity contribution in [3.8, 4) is 35.0 Å². The minimum absolute atomic E-state index is 0.0234. The van der Waals surface area contributed by atoms with Crippen molar-refractivity contribution in [2.45, 2.75) is 52.4 Å². The molecule has 0 spiro atoms. The normalized spacial score (nSPS) is 12.4. The van der Waals surface area contributed by atoms with Crippen molar-refractivity contribution in [2.24, 2.45) is 0 Å². The molecular formula is C54H43N7. The van der Waals surface area contributed by atoms with Crippen LogP contribution in [0.1, 0.15) is 58.2 Å². The second-order valence-corrected chi connectivity index (χ2v) is 18.1. The predicted octanol–water partition coefficient (Wildman–Crippen LogP) is 13.3. The van der Waals surface area contributed by atoms with E-state index in [4.69, 9.17) is 15.0 Å². The third-order valence-corrected chi connectivity index (χ3v) is 12.3. The van der Waals surface area contributed by atoms with Crippen molar-refractivity contribution in [3.05, 3.63) is 168 Å². The molecule has 0 aliphatic carbocycles. The summed E-state index contributed by atoms with van der Waals surface area (Å²) in [4.78, 5) is 15.8. The zero-order valence-electron chi connectivity index (χ0n) is 35.1. The van der Waals surface area contributed by atoms with E-state index in [9.17, 15) is 5.26 Å². The van der Waals surface area contributed by atoms with E-state index in [1.54, 1.807) is 0 Å². The first-order valence-corrected chi connectivity index (χ1v) is 20.9. The first kappa shape index (κ1) is 36.5. The number of rotatable bonds is 4. The molecule has 4 aromatic heterocycles. The SMILES string of the molecule is CC(C)(C)c1ccc2c(c1)c1cc(C(C)(C)C)ccc1n2-c1ccc(-c2nc(-n3c4ccccc4c4ccccc43)nc(-n3c4ccccc4c4ccccc43)n2)cc1C#N. The molecule has 0 unspecified atom stereocenters. The van der Waals surface area contributed by atoms with Gasteiger partial charge in [0.2, 0.25) is 11.9 Å². The van der Waals surface area contributed by atoms with Crippen molar-refractivity contribution >= 4 is 65.4 Å². The fourth-order valence-corrected chi connectivity index (χ4v) is 9.13. The van der Waals surface area contributed by atoms with Crippen LogP contribution in [0.3, 0.4) is 0 Å². The summed E-state index contributed by atoms with van der Waals surface area (Å²) in [7, 11) is 0. The second-order valence-electron chi connectivity index (χ2n) is 18.1. The average Bonchev–Trinajstić information content (AvgIpc) is 3.91. The monoisotopic (exact) mass is 789 g/mol. The number of para-hydroxylation sites is 4. The Labute approximate surface area is 353 Å². The summed E-state index contributed by atoms with van der Waals surface area (Å²) in [5.41, 5.74) is 10.6. The van der Waals surface area contributed by atoms with Gasteiger partial charge in [0.15, 0.2) is 5.82 Å². The quantitative estimate of drug-likeness (QED) is 0.178. The van der Waals surface area contributed by atoms with Crippen molar-refractivity contribution < 1.29 is 0 Å². The number of benzene rings is 7. The number of nitrogens with zero attached hydrogens (tertiary/aromatic N) is 7. The van der Waals surface area contributed by atoms with E-state index in [1.807, 2.05) is 42.5 Å². The lowest BCUT2D eigenvalue weighted by Crippen LogP contribution is -2.10. The largest absolute Gasteiger partial charge is 0.308 e. The van der Waals surface area contributed by atoms with Gasteiger partial charge in [-0.3, -0.25) is 9.13 Å². The molecular weight excluding hydrogens is 747 g/mol. The first-order chi connectivity index (χ1) is 29.5. The van der Waals surface area contributed by atoms with E-state index in [-0.39, 0.29) is 10.8 Å². The minimum atomic E-state index is -0.0234. The van der Waals surface area contributed by atoms with E-state index >= 15 is 0 Å². The fourth-order valence-electron chi connectivity index (χ4n) is 9.13. The van der Waals surface area contributed by atoms with E-state index in [2.05, 4.69) is 171 Å². The molecule has 0 amide bonds. The molecule has 7 nitrogen and oxygen atoms in total. The summed E-state index contributed by atoms with van der Waals surface area (Å²) in [5.74, 6) is 1.46. The van der Waals surface area contributed by atoms with Crippen LogP contribution in [0.15, 0.2) is 152 Å². The molecule has 0 aliphatic heterocycles. The van der Waals surface area contributed by atoms with Gasteiger partial charge in [0.1, 0.15) is 6.07 Å². The van der Waals surface area contributed by atoms with E-state index < -0.39 is 0 Å². The van der Waals surface area contributed by atoms with E-state index in [0.717, 1.165) is 65.9 Å². The maximum atomic E-state index is 11.0. The summed E-state index contributed by atoms with van der Waals surface area (Å²) in [6.07, 6.45) is 0. The second kappa shape index (κ2) is 13.2. The molecule has 0 saturated carbocycles. The van der Waals surface area contributed by atoms with Crippen molar-refractivity contribution in [2.75, 3.05) is 0 Å². The fraction of sp³-hybridized carbons (Fsp3) is 0.148. The van der Waals surface area contributed by atoms with Gasteiger partial charge in [-0.25, -0.2) is 0 Å². The molecule has 0 fully saturated rings. The van der Waals surface area contributed by atoms with Crippen LogP contribution < -0.4 is 0 Å². The van der Waals surface area contributed by atoms with E-state index in [0.29, 0.717) is 23.3 Å². The summed E-state index contributed by atoms with van der Waals surface area (Å²) >= 11 is 0. The molecule has 0 radical (unpaired) electrons. The molecule has 0 N–H and O–H groups in total. The van der Waals surface area contributed by atoms with Crippen LogP contribution >= 0.6 is 0 Å². The van der Waals surface area contributed by atoms with Gasteiger partial charge < -0.3 is 4.57 Å². The molecule has 0 bridgehead atoms. The molecule has 7 heteroatoms. The van der Waals surface area contributed by atoms with Crippen LogP contribution in [0.5, 0.6) is 0 Å². The lowest BCUT2D eigenvalue weighted by Gasteiger charge is -2.19. The number of hydrogen-bond acceptors (Lipinski definition) is 4. The molecule has 0 saturated heterocycles. The van der Waals surface area contributed by atoms with Gasteiger partial charge in [-0.05, 0) is 88.7 Å². The smallest absolute Gasteiger partial charge is 0.240 e. The molecule has 11 aromatic rings. The standard InChI is InChI=1S/C54H43N7/c1-53(2,3)35-24-27-48-41(30-35)42-31-36(54(4,5)6)25-28-49(42)59(48)43-26-23-33(29-34(43)32-55)50-56-51(60-44-19-11-7-15-37(44)38-16-8-12-20-45(38)60)58-52(57-50)61-46-21-13-9-17-39(46)40-18-10-14-22-47(40)61/h7-31H,1-6H3. The Bertz CT molecular complexity index is 3320. The van der Waals surface area contributed by atoms with Crippen LogP contribution in [0.2, 0.25) is 0 Å². The Kier molecular flexibility index (Phi) is 7.92. The third kappa shape index (κ3) is 5.67. The van der Waals surface area contributed by atoms with Crippen molar-refractivity contribution in [1.29, 1.82) is 5.26 Å². The maximum absolute atomic E-state index is 11.0. The lowest BCUT2D eigenvalue weighted by atomic mass is 9.85. The van der Waals surface area contributed by atoms with Gasteiger partial charge in [0.05, 0.1) is 44.4 Å². The van der Waals surface area contributed by atoms with Gasteiger partial charge in [-0.1, -0.05) is 126 Å². The van der Waals surface area contributed by atoms with Gasteiger partial charge in [-0.2, -0.15) is 20.2 Å². The lowest BCUT2D eigenvalue weighted by molar-refractivity contribution is 0.590. The maximum Gasteiger partial charge on any atom is 0.240 e. The zero-order valence-corrected chi connectivity index (χ0v) is 35.1. The summed E-state index contributed by atoms with van der Waals surface area (Å²) in [6.45, 7) is 13.5. The predicted molar refractivity (Wildman–Crippen MR) is 250 cm³/mol. The van der Waals surface area contributed by atoms with Crippen LogP contribution in [-0.2, 0) is 10.8 Å². The molecule has 11 rings (SSSR count). The van der Waals surface area contributed by atoms with Crippen LogP contribution in [0.25, 0.3) is 94.4 Å². The molecule has 0 aliphatic rings. The zero-order chi connectivity index (χ0) is 41.8.